The molecular weight excluding hydrogens is 200 g/mol. The highest BCUT2D eigenvalue weighted by atomic mass is 16.5. The van der Waals surface area contributed by atoms with Gasteiger partial charge in [0.2, 0.25) is 5.88 Å². The van der Waals surface area contributed by atoms with Crippen LogP contribution in [0.4, 0.5) is 0 Å². The maximum atomic E-state index is 5.47. The molecule has 1 aliphatic rings. The minimum absolute atomic E-state index is 0.676. The molecule has 1 aromatic rings. The molecule has 88 valence electrons. The van der Waals surface area contributed by atoms with E-state index < -0.39 is 0 Å². The third kappa shape index (κ3) is 3.20. The number of nitrogens with one attached hydrogen (secondary N) is 1. The molecule has 16 heavy (non-hydrogen) atoms. The van der Waals surface area contributed by atoms with Gasteiger partial charge in [0.25, 0.3) is 0 Å². The fourth-order valence-electron chi connectivity index (χ4n) is 1.68. The lowest BCUT2D eigenvalue weighted by molar-refractivity contribution is 0.325. The maximum absolute atomic E-state index is 5.47. The second-order valence-electron chi connectivity index (χ2n) is 4.25. The summed E-state index contributed by atoms with van der Waals surface area (Å²) in [5, 5.41) is 3.51. The number of ether oxygens (including phenoxy) is 1. The fourth-order valence-corrected chi connectivity index (χ4v) is 1.68. The first-order chi connectivity index (χ1) is 7.81. The Morgan fingerprint density at radius 2 is 2.19 bits per heavy atom. The molecule has 0 radical (unpaired) electrons. The number of pyridine rings is 1. The Kier molecular flexibility index (Phi) is 3.78. The van der Waals surface area contributed by atoms with E-state index in [4.69, 9.17) is 4.74 Å². The lowest BCUT2D eigenvalue weighted by atomic mass is 10.2. The molecule has 0 bridgehead atoms. The van der Waals surface area contributed by atoms with Crippen molar-refractivity contribution in [1.82, 2.24) is 10.3 Å². The van der Waals surface area contributed by atoms with E-state index in [0.29, 0.717) is 6.61 Å². The zero-order valence-electron chi connectivity index (χ0n) is 10.1. The minimum Gasteiger partial charge on any atom is -0.478 e. The molecular formula is C13H20N2O. The van der Waals surface area contributed by atoms with Gasteiger partial charge in [-0.3, -0.25) is 0 Å². The summed E-state index contributed by atoms with van der Waals surface area (Å²) in [6.07, 6.45) is 3.60. The first-order valence-electron chi connectivity index (χ1n) is 6.17. The lowest BCUT2D eigenvalue weighted by Gasteiger charge is -2.09. The first-order valence-corrected chi connectivity index (χ1v) is 6.17. The van der Waals surface area contributed by atoms with Crippen molar-refractivity contribution in [3.63, 3.8) is 0 Å². The summed E-state index contributed by atoms with van der Waals surface area (Å²) in [5.74, 6) is 0.759. The van der Waals surface area contributed by atoms with Crippen LogP contribution in [0, 0.1) is 0 Å². The van der Waals surface area contributed by atoms with Crippen LogP contribution in [-0.4, -0.2) is 17.6 Å². The average molecular weight is 220 g/mol. The van der Waals surface area contributed by atoms with Crippen molar-refractivity contribution < 1.29 is 4.74 Å². The van der Waals surface area contributed by atoms with E-state index in [9.17, 15) is 0 Å². The summed E-state index contributed by atoms with van der Waals surface area (Å²) >= 11 is 0. The number of aromatic nitrogens is 1. The van der Waals surface area contributed by atoms with Crippen LogP contribution in [0.3, 0.4) is 0 Å². The second-order valence-corrected chi connectivity index (χ2v) is 4.25. The SMILES string of the molecule is CCOc1cc(CNC2CC2)cc(CC)n1. The van der Waals surface area contributed by atoms with Crippen LogP contribution in [0.1, 0.15) is 37.9 Å². The van der Waals surface area contributed by atoms with Gasteiger partial charge in [0, 0.05) is 24.3 Å². The molecule has 1 aliphatic carbocycles. The molecule has 0 atom stereocenters. The molecule has 2 rings (SSSR count). The van der Waals surface area contributed by atoms with E-state index in [1.54, 1.807) is 0 Å². The molecule has 0 aromatic carbocycles. The van der Waals surface area contributed by atoms with Crippen molar-refractivity contribution in [3.05, 3.63) is 23.4 Å². The van der Waals surface area contributed by atoms with E-state index in [-0.39, 0.29) is 0 Å². The largest absolute Gasteiger partial charge is 0.478 e. The van der Waals surface area contributed by atoms with Gasteiger partial charge in [-0.05, 0) is 37.8 Å². The highest BCUT2D eigenvalue weighted by molar-refractivity contribution is 5.25. The molecule has 1 fully saturated rings. The summed E-state index contributed by atoms with van der Waals surface area (Å²) in [7, 11) is 0. The van der Waals surface area contributed by atoms with Gasteiger partial charge in [0.15, 0.2) is 0 Å². The van der Waals surface area contributed by atoms with Gasteiger partial charge >= 0.3 is 0 Å². The molecule has 3 heteroatoms. The average Bonchev–Trinajstić information content (AvgIpc) is 3.10. The molecule has 1 aromatic heterocycles. The zero-order valence-corrected chi connectivity index (χ0v) is 10.1. The highest BCUT2D eigenvalue weighted by Gasteiger charge is 2.20. The van der Waals surface area contributed by atoms with Crippen molar-refractivity contribution in [2.75, 3.05) is 6.61 Å². The summed E-state index contributed by atoms with van der Waals surface area (Å²) in [5.41, 5.74) is 2.39. The van der Waals surface area contributed by atoms with Crippen LogP contribution in [-0.2, 0) is 13.0 Å². The molecule has 0 amide bonds. The molecule has 1 N–H and O–H groups in total. The van der Waals surface area contributed by atoms with Crippen molar-refractivity contribution in [2.45, 2.75) is 45.7 Å². The minimum atomic E-state index is 0.676. The quantitative estimate of drug-likeness (QED) is 0.798. The van der Waals surface area contributed by atoms with Gasteiger partial charge in [-0.1, -0.05) is 6.92 Å². The van der Waals surface area contributed by atoms with Gasteiger partial charge < -0.3 is 10.1 Å². The highest BCUT2D eigenvalue weighted by Crippen LogP contribution is 2.20. The van der Waals surface area contributed by atoms with Crippen molar-refractivity contribution in [3.8, 4) is 5.88 Å². The predicted molar refractivity (Wildman–Crippen MR) is 64.6 cm³/mol. The van der Waals surface area contributed by atoms with E-state index in [1.165, 1.54) is 18.4 Å². The Labute approximate surface area is 97.2 Å². The van der Waals surface area contributed by atoms with Gasteiger partial charge in [0.1, 0.15) is 0 Å². The van der Waals surface area contributed by atoms with Gasteiger partial charge in [0.05, 0.1) is 6.61 Å². The Morgan fingerprint density at radius 1 is 1.38 bits per heavy atom. The summed E-state index contributed by atoms with van der Waals surface area (Å²) in [6, 6.07) is 4.95. The second kappa shape index (κ2) is 5.30. The summed E-state index contributed by atoms with van der Waals surface area (Å²) in [6.45, 7) is 5.72. The standard InChI is InChI=1S/C13H20N2O/c1-3-11-7-10(9-14-12-5-6-12)8-13(15-11)16-4-2/h7-8,12,14H,3-6,9H2,1-2H3. The van der Waals surface area contributed by atoms with E-state index >= 15 is 0 Å². The molecule has 1 heterocycles. The molecule has 0 saturated heterocycles. The monoisotopic (exact) mass is 220 g/mol. The number of hydrogen-bond donors (Lipinski definition) is 1. The zero-order chi connectivity index (χ0) is 11.4. The predicted octanol–water partition coefficient (Wildman–Crippen LogP) is 2.29. The van der Waals surface area contributed by atoms with Crippen LogP contribution in [0.5, 0.6) is 5.88 Å². The van der Waals surface area contributed by atoms with E-state index in [1.807, 2.05) is 13.0 Å². The molecule has 0 aliphatic heterocycles. The van der Waals surface area contributed by atoms with E-state index in [2.05, 4.69) is 23.3 Å². The van der Waals surface area contributed by atoms with E-state index in [0.717, 1.165) is 30.6 Å². The van der Waals surface area contributed by atoms with Crippen LogP contribution in [0.25, 0.3) is 0 Å². The number of rotatable bonds is 6. The van der Waals surface area contributed by atoms with Gasteiger partial charge in [-0.2, -0.15) is 0 Å². The molecule has 0 spiro atoms. The normalized spacial score (nSPS) is 15.1. The lowest BCUT2D eigenvalue weighted by Crippen LogP contribution is -2.15. The third-order valence-corrected chi connectivity index (χ3v) is 2.74. The summed E-state index contributed by atoms with van der Waals surface area (Å²) in [4.78, 5) is 4.43. The number of aryl methyl sites for hydroxylation is 1. The topological polar surface area (TPSA) is 34.1 Å². The smallest absolute Gasteiger partial charge is 0.213 e. The summed E-state index contributed by atoms with van der Waals surface area (Å²) < 4.78 is 5.47. The Morgan fingerprint density at radius 3 is 2.81 bits per heavy atom. The number of hydrogen-bond acceptors (Lipinski definition) is 3. The fraction of sp³-hybridized carbons (Fsp3) is 0.615. The van der Waals surface area contributed by atoms with Crippen LogP contribution >= 0.6 is 0 Å². The molecule has 3 nitrogen and oxygen atoms in total. The first kappa shape index (κ1) is 11.4. The van der Waals surface area contributed by atoms with Crippen molar-refractivity contribution >= 4 is 0 Å². The van der Waals surface area contributed by atoms with Gasteiger partial charge in [-0.15, -0.1) is 0 Å². The maximum Gasteiger partial charge on any atom is 0.213 e. The van der Waals surface area contributed by atoms with Crippen molar-refractivity contribution in [2.24, 2.45) is 0 Å². The van der Waals surface area contributed by atoms with Gasteiger partial charge in [-0.25, -0.2) is 4.98 Å². The Bertz CT molecular complexity index is 348. The Hall–Kier alpha value is -1.09. The Balaban J connectivity index is 2.04. The van der Waals surface area contributed by atoms with Crippen molar-refractivity contribution in [1.29, 1.82) is 0 Å². The van der Waals surface area contributed by atoms with Crippen LogP contribution in [0.2, 0.25) is 0 Å². The molecule has 0 unspecified atom stereocenters. The van der Waals surface area contributed by atoms with Crippen LogP contribution in [0.15, 0.2) is 12.1 Å². The molecule has 1 saturated carbocycles. The van der Waals surface area contributed by atoms with Crippen LogP contribution < -0.4 is 10.1 Å². The third-order valence-electron chi connectivity index (χ3n) is 2.74. The number of nitrogens with zero attached hydrogens (tertiary/aromatic N) is 1.